The molecule has 0 aromatic heterocycles. The molecule has 284 valence electrons. The first-order valence-corrected chi connectivity index (χ1v) is 24.0. The molecule has 0 aliphatic carbocycles. The first-order valence-electron chi connectivity index (χ1n) is 20.5. The second kappa shape index (κ2) is 16.5. The van der Waals surface area contributed by atoms with Crippen molar-refractivity contribution in [2.75, 3.05) is 4.90 Å². The predicted octanol–water partition coefficient (Wildman–Crippen LogP) is 15.7. The van der Waals surface area contributed by atoms with Gasteiger partial charge in [-0.3, -0.25) is 0 Å². The molecule has 0 amide bonds. The molecule has 9 aromatic carbocycles. The molecule has 1 nitrogen and oxygen atoms in total. The number of hydrogen-bond acceptors (Lipinski definition) is 1. The summed E-state index contributed by atoms with van der Waals surface area (Å²) in [5.41, 5.74) is 17.8. The third-order valence-corrected chi connectivity index (χ3v) is 13.3. The van der Waals surface area contributed by atoms with Gasteiger partial charge in [0.1, 0.15) is 0 Å². The number of anilines is 3. The maximum absolute atomic E-state index is 2.40. The fourth-order valence-corrected chi connectivity index (χ4v) is 9.08. The van der Waals surface area contributed by atoms with Gasteiger partial charge in [0.25, 0.3) is 0 Å². The fourth-order valence-electron chi connectivity index (χ4n) is 7.91. The van der Waals surface area contributed by atoms with E-state index in [4.69, 9.17) is 0 Å². The molecule has 9 rings (SSSR count). The zero-order chi connectivity index (χ0) is 40.2. The van der Waals surface area contributed by atoms with Crippen LogP contribution in [-0.2, 0) is 0 Å². The predicted molar refractivity (Wildman–Crippen MR) is 257 cm³/mol. The standard InChI is InChI=1S/C57H47NSi/c1-59(2,3)57-37-29-47(30-38-57)53-22-12-21-52(41-53)46-27-35-56(36-28-46)58(54-31-23-44(24-32-54)50-19-10-17-48(39-50)42-13-6-4-7-14-42)55-33-25-45(26-34-55)51-20-11-18-49(40-51)43-15-8-5-9-16-43/h4-41H,1-3H3. The highest BCUT2D eigenvalue weighted by Gasteiger charge is 2.17. The number of hydrogen-bond donors (Lipinski definition) is 0. The first kappa shape index (κ1) is 37.6. The van der Waals surface area contributed by atoms with Crippen LogP contribution in [0.5, 0.6) is 0 Å². The minimum Gasteiger partial charge on any atom is -0.311 e. The molecule has 59 heavy (non-hydrogen) atoms. The third-order valence-electron chi connectivity index (χ3n) is 11.3. The lowest BCUT2D eigenvalue weighted by Gasteiger charge is -2.26. The summed E-state index contributed by atoms with van der Waals surface area (Å²) in [6.45, 7) is 7.20. The van der Waals surface area contributed by atoms with E-state index in [1.54, 1.807) is 0 Å². The van der Waals surface area contributed by atoms with Crippen LogP contribution < -0.4 is 10.1 Å². The molecule has 0 bridgehead atoms. The molecule has 0 atom stereocenters. The van der Waals surface area contributed by atoms with Gasteiger partial charge in [0, 0.05) is 17.1 Å². The van der Waals surface area contributed by atoms with Gasteiger partial charge in [-0.25, -0.2) is 0 Å². The van der Waals surface area contributed by atoms with Crippen molar-refractivity contribution in [3.8, 4) is 66.8 Å². The minimum absolute atomic E-state index is 1.10. The lowest BCUT2D eigenvalue weighted by atomic mass is 9.98. The largest absolute Gasteiger partial charge is 0.311 e. The summed E-state index contributed by atoms with van der Waals surface area (Å²) in [5.74, 6) is 0. The van der Waals surface area contributed by atoms with Gasteiger partial charge in [0.2, 0.25) is 0 Å². The highest BCUT2D eigenvalue weighted by atomic mass is 28.3. The van der Waals surface area contributed by atoms with Crippen molar-refractivity contribution >= 4 is 30.3 Å². The second-order valence-electron chi connectivity index (χ2n) is 16.3. The van der Waals surface area contributed by atoms with Gasteiger partial charge in [-0.05, 0) is 121 Å². The maximum Gasteiger partial charge on any atom is 0.0775 e. The van der Waals surface area contributed by atoms with E-state index in [9.17, 15) is 0 Å². The number of benzene rings is 9. The smallest absolute Gasteiger partial charge is 0.0775 e. The Hall–Kier alpha value is -7.00. The van der Waals surface area contributed by atoms with Gasteiger partial charge in [0.05, 0.1) is 8.07 Å². The van der Waals surface area contributed by atoms with Gasteiger partial charge < -0.3 is 4.90 Å². The Morgan fingerprint density at radius 2 is 0.475 bits per heavy atom. The van der Waals surface area contributed by atoms with Gasteiger partial charge in [-0.1, -0.05) is 201 Å². The highest BCUT2D eigenvalue weighted by molar-refractivity contribution is 6.88. The van der Waals surface area contributed by atoms with Crippen LogP contribution in [0.3, 0.4) is 0 Å². The molecule has 0 unspecified atom stereocenters. The molecule has 2 heteroatoms. The molecule has 0 spiro atoms. The Balaban J connectivity index is 1.05. The SMILES string of the molecule is C[Si](C)(C)c1ccc(-c2cccc(-c3ccc(N(c4ccc(-c5cccc(-c6ccccc6)c5)cc4)c4ccc(-c5cccc(-c6ccccc6)c5)cc4)cc3)c2)cc1. The second-order valence-corrected chi connectivity index (χ2v) is 21.4. The van der Waals surface area contributed by atoms with Crippen LogP contribution in [0, 0.1) is 0 Å². The lowest BCUT2D eigenvalue weighted by Crippen LogP contribution is -2.37. The summed E-state index contributed by atoms with van der Waals surface area (Å²) in [6, 6.07) is 83.8. The van der Waals surface area contributed by atoms with E-state index in [-0.39, 0.29) is 0 Å². The molecular weight excluding hydrogens is 727 g/mol. The van der Waals surface area contributed by atoms with E-state index in [1.807, 2.05) is 0 Å². The van der Waals surface area contributed by atoms with Crippen molar-refractivity contribution in [3.63, 3.8) is 0 Å². The molecule has 0 saturated heterocycles. The molecule has 0 heterocycles. The fraction of sp³-hybridized carbons (Fsp3) is 0.0526. The molecule has 0 aliphatic rings. The highest BCUT2D eigenvalue weighted by Crippen LogP contribution is 2.39. The van der Waals surface area contributed by atoms with E-state index < -0.39 is 8.07 Å². The van der Waals surface area contributed by atoms with Crippen LogP contribution >= 0.6 is 0 Å². The van der Waals surface area contributed by atoms with Crippen molar-refractivity contribution in [1.29, 1.82) is 0 Å². The van der Waals surface area contributed by atoms with Crippen molar-refractivity contribution in [3.05, 3.63) is 231 Å². The van der Waals surface area contributed by atoms with Gasteiger partial charge in [-0.15, -0.1) is 0 Å². The van der Waals surface area contributed by atoms with Gasteiger partial charge >= 0.3 is 0 Å². The zero-order valence-corrected chi connectivity index (χ0v) is 34.9. The van der Waals surface area contributed by atoms with Crippen LogP contribution in [0.25, 0.3) is 66.8 Å². The topological polar surface area (TPSA) is 3.24 Å². The number of rotatable bonds is 10. The van der Waals surface area contributed by atoms with Gasteiger partial charge in [-0.2, -0.15) is 0 Å². The van der Waals surface area contributed by atoms with E-state index >= 15 is 0 Å². The first-order chi connectivity index (χ1) is 28.9. The third kappa shape index (κ3) is 8.36. The Kier molecular flexibility index (Phi) is 10.5. The van der Waals surface area contributed by atoms with Crippen LogP contribution in [-0.4, -0.2) is 8.07 Å². The Morgan fingerprint density at radius 1 is 0.237 bits per heavy atom. The minimum atomic E-state index is -1.35. The van der Waals surface area contributed by atoms with Crippen molar-refractivity contribution in [1.82, 2.24) is 0 Å². The Morgan fingerprint density at radius 3 is 0.746 bits per heavy atom. The molecule has 0 N–H and O–H groups in total. The van der Waals surface area contributed by atoms with Crippen LogP contribution in [0.2, 0.25) is 19.6 Å². The molecule has 9 aromatic rings. The Labute approximate surface area is 350 Å². The summed E-state index contributed by atoms with van der Waals surface area (Å²) in [4.78, 5) is 2.36. The normalized spacial score (nSPS) is 11.3. The average Bonchev–Trinajstić information content (AvgIpc) is 3.30. The van der Waals surface area contributed by atoms with E-state index in [1.165, 1.54) is 71.9 Å². The van der Waals surface area contributed by atoms with E-state index in [0.29, 0.717) is 0 Å². The summed E-state index contributed by atoms with van der Waals surface area (Å²) in [6.07, 6.45) is 0. The summed E-state index contributed by atoms with van der Waals surface area (Å²) < 4.78 is 0. The van der Waals surface area contributed by atoms with Crippen molar-refractivity contribution in [2.24, 2.45) is 0 Å². The van der Waals surface area contributed by atoms with E-state index in [0.717, 1.165) is 17.1 Å². The summed E-state index contributed by atoms with van der Waals surface area (Å²) >= 11 is 0. The monoisotopic (exact) mass is 773 g/mol. The molecule has 0 saturated carbocycles. The van der Waals surface area contributed by atoms with Crippen LogP contribution in [0.1, 0.15) is 0 Å². The Bertz CT molecular complexity index is 2670. The van der Waals surface area contributed by atoms with Gasteiger partial charge in [0.15, 0.2) is 0 Å². The molecule has 0 fully saturated rings. The van der Waals surface area contributed by atoms with Crippen LogP contribution in [0.15, 0.2) is 231 Å². The molecule has 0 aliphatic heterocycles. The van der Waals surface area contributed by atoms with Crippen LogP contribution in [0.4, 0.5) is 17.1 Å². The quantitative estimate of drug-likeness (QED) is 0.125. The number of nitrogens with zero attached hydrogens (tertiary/aromatic N) is 1. The maximum atomic E-state index is 2.40. The average molecular weight is 774 g/mol. The lowest BCUT2D eigenvalue weighted by molar-refractivity contribution is 1.28. The molecule has 0 radical (unpaired) electrons. The summed E-state index contributed by atoms with van der Waals surface area (Å²) in [5, 5.41) is 1.48. The zero-order valence-electron chi connectivity index (χ0n) is 33.9. The van der Waals surface area contributed by atoms with E-state index in [2.05, 4.69) is 255 Å². The van der Waals surface area contributed by atoms with Crippen molar-refractivity contribution < 1.29 is 0 Å². The van der Waals surface area contributed by atoms with Crippen molar-refractivity contribution in [2.45, 2.75) is 19.6 Å². The summed E-state index contributed by atoms with van der Waals surface area (Å²) in [7, 11) is -1.35. The molecular formula is C57H47NSi.